The third-order valence-corrected chi connectivity index (χ3v) is 6.98. The van der Waals surface area contributed by atoms with Crippen LogP contribution < -0.4 is 10.2 Å². The fourth-order valence-corrected chi connectivity index (χ4v) is 5.03. The summed E-state index contributed by atoms with van der Waals surface area (Å²) >= 11 is 0. The van der Waals surface area contributed by atoms with Gasteiger partial charge in [0.25, 0.3) is 0 Å². The van der Waals surface area contributed by atoms with Crippen LogP contribution in [0.15, 0.2) is 35.7 Å². The highest BCUT2D eigenvalue weighted by molar-refractivity contribution is 7.89. The summed E-state index contributed by atoms with van der Waals surface area (Å²) in [5, 5.41) is 2.69. The topological polar surface area (TPSA) is 86.8 Å². The Kier molecular flexibility index (Phi) is 4.11. The number of nitrogens with zero attached hydrogens (tertiary/aromatic N) is 2. The van der Waals surface area contributed by atoms with Crippen molar-refractivity contribution >= 4 is 27.5 Å². The van der Waals surface area contributed by atoms with Crippen LogP contribution in [0, 0.1) is 5.92 Å². The van der Waals surface area contributed by atoms with Gasteiger partial charge in [-0.2, -0.15) is 4.31 Å². The number of carbonyl (C=O) groups excluding carboxylic acids is 2. The minimum absolute atomic E-state index is 0.146. The molecule has 2 aliphatic heterocycles. The quantitative estimate of drug-likeness (QED) is 0.766. The number of anilines is 1. The highest BCUT2D eigenvalue weighted by atomic mass is 32.2. The molecule has 0 radical (unpaired) electrons. The Morgan fingerprint density at radius 3 is 2.62 bits per heavy atom. The summed E-state index contributed by atoms with van der Waals surface area (Å²) in [5.41, 5.74) is 1.73. The molecule has 0 spiro atoms. The first kappa shape index (κ1) is 17.2. The number of hydrogen-bond acceptors (Lipinski definition) is 4. The molecule has 0 atom stereocenters. The van der Waals surface area contributed by atoms with Gasteiger partial charge in [-0.25, -0.2) is 8.42 Å². The summed E-state index contributed by atoms with van der Waals surface area (Å²) in [6.07, 6.45) is 3.76. The summed E-state index contributed by atoms with van der Waals surface area (Å²) in [6.45, 7) is 4.51. The van der Waals surface area contributed by atoms with Crippen LogP contribution in [0.1, 0.15) is 18.4 Å². The van der Waals surface area contributed by atoms with Gasteiger partial charge in [0.2, 0.25) is 21.8 Å². The van der Waals surface area contributed by atoms with Gasteiger partial charge >= 0.3 is 0 Å². The third kappa shape index (κ3) is 2.93. The van der Waals surface area contributed by atoms with E-state index in [1.807, 2.05) is 0 Å². The fraction of sp³-hybridized carbons (Fsp3) is 0.444. The third-order valence-electron chi connectivity index (χ3n) is 5.16. The van der Waals surface area contributed by atoms with Crippen LogP contribution in [0.5, 0.6) is 0 Å². The second-order valence-electron chi connectivity index (χ2n) is 7.04. The van der Waals surface area contributed by atoms with Gasteiger partial charge in [-0.15, -0.1) is 0 Å². The van der Waals surface area contributed by atoms with Crippen molar-refractivity contribution in [1.29, 1.82) is 0 Å². The molecule has 2 fully saturated rings. The molecule has 0 aromatic heterocycles. The molecule has 1 aromatic rings. The largest absolute Gasteiger partial charge is 0.347 e. The molecule has 2 heterocycles. The Labute approximate surface area is 152 Å². The Bertz CT molecular complexity index is 886. The summed E-state index contributed by atoms with van der Waals surface area (Å²) in [7, 11) is -3.59. The van der Waals surface area contributed by atoms with Crippen LogP contribution in [-0.4, -0.2) is 50.2 Å². The van der Waals surface area contributed by atoms with E-state index in [-0.39, 0.29) is 41.8 Å². The van der Waals surface area contributed by atoms with Crippen molar-refractivity contribution in [2.45, 2.75) is 30.2 Å². The van der Waals surface area contributed by atoms with Crippen LogP contribution in [0.4, 0.5) is 5.69 Å². The molecule has 0 bridgehead atoms. The zero-order valence-corrected chi connectivity index (χ0v) is 15.2. The van der Waals surface area contributed by atoms with Crippen molar-refractivity contribution in [2.24, 2.45) is 5.92 Å². The maximum Gasteiger partial charge on any atom is 0.243 e. The standard InChI is InChI=1S/C18H21N3O4S/c1-2-17(22)19-14-10-20(11-14)26(24,25)15-5-6-16-13(9-15)7-8-21(16)18(23)12-3-4-12/h2,5-6,9,12,14H,1,3-4,7-8,10-11H2,(H,19,22). The lowest BCUT2D eigenvalue weighted by Crippen LogP contribution is -2.60. The molecule has 138 valence electrons. The van der Waals surface area contributed by atoms with Crippen LogP contribution in [0.25, 0.3) is 0 Å². The molecular weight excluding hydrogens is 354 g/mol. The zero-order chi connectivity index (χ0) is 18.5. The number of benzene rings is 1. The van der Waals surface area contributed by atoms with Crippen molar-refractivity contribution in [2.75, 3.05) is 24.5 Å². The molecular formula is C18H21N3O4S. The number of nitrogens with one attached hydrogen (secondary N) is 1. The molecule has 8 heteroatoms. The molecule has 1 saturated heterocycles. The number of sulfonamides is 1. The number of hydrogen-bond donors (Lipinski definition) is 1. The van der Waals surface area contributed by atoms with Gasteiger partial charge < -0.3 is 10.2 Å². The highest BCUT2D eigenvalue weighted by Gasteiger charge is 2.39. The average molecular weight is 375 g/mol. The van der Waals surface area contributed by atoms with E-state index in [4.69, 9.17) is 0 Å². The van der Waals surface area contributed by atoms with E-state index in [9.17, 15) is 18.0 Å². The van der Waals surface area contributed by atoms with Crippen molar-refractivity contribution in [3.8, 4) is 0 Å². The van der Waals surface area contributed by atoms with E-state index >= 15 is 0 Å². The van der Waals surface area contributed by atoms with Gasteiger partial charge in [-0.1, -0.05) is 6.58 Å². The van der Waals surface area contributed by atoms with Crippen LogP contribution >= 0.6 is 0 Å². The molecule has 1 aromatic carbocycles. The van der Waals surface area contributed by atoms with Gasteiger partial charge in [0.1, 0.15) is 0 Å². The smallest absolute Gasteiger partial charge is 0.243 e. The van der Waals surface area contributed by atoms with E-state index < -0.39 is 10.0 Å². The molecule has 0 unspecified atom stereocenters. The van der Waals surface area contributed by atoms with E-state index in [0.29, 0.717) is 13.0 Å². The number of fused-ring (bicyclic) bond motifs is 1. The number of amides is 2. The Morgan fingerprint density at radius 1 is 1.23 bits per heavy atom. The first-order valence-electron chi connectivity index (χ1n) is 8.77. The van der Waals surface area contributed by atoms with Crippen molar-refractivity contribution in [1.82, 2.24) is 9.62 Å². The molecule has 4 rings (SSSR count). The average Bonchev–Trinajstić information content (AvgIpc) is 3.35. The van der Waals surface area contributed by atoms with Crippen LogP contribution in [0.2, 0.25) is 0 Å². The van der Waals surface area contributed by atoms with Crippen molar-refractivity contribution in [3.63, 3.8) is 0 Å². The monoisotopic (exact) mass is 375 g/mol. The minimum Gasteiger partial charge on any atom is -0.347 e. The van der Waals surface area contributed by atoms with Gasteiger partial charge in [-0.3, -0.25) is 9.59 Å². The minimum atomic E-state index is -3.59. The summed E-state index contributed by atoms with van der Waals surface area (Å²) in [6, 6.07) is 4.81. The zero-order valence-electron chi connectivity index (χ0n) is 14.3. The molecule has 3 aliphatic rings. The summed E-state index contributed by atoms with van der Waals surface area (Å²) < 4.78 is 26.9. The molecule has 1 aliphatic carbocycles. The summed E-state index contributed by atoms with van der Waals surface area (Å²) in [5.74, 6) is 0.000980. The maximum atomic E-state index is 12.8. The lowest BCUT2D eigenvalue weighted by molar-refractivity contribution is -0.120. The predicted octanol–water partition coefficient (Wildman–Crippen LogP) is 0.661. The Morgan fingerprint density at radius 2 is 1.96 bits per heavy atom. The molecule has 26 heavy (non-hydrogen) atoms. The summed E-state index contributed by atoms with van der Waals surface area (Å²) in [4.78, 5) is 25.6. The first-order chi connectivity index (χ1) is 12.4. The normalized spacial score (nSPS) is 20.4. The number of rotatable bonds is 5. The molecule has 2 amide bonds. The van der Waals surface area contributed by atoms with E-state index in [1.165, 1.54) is 10.4 Å². The van der Waals surface area contributed by atoms with Gasteiger partial charge in [0, 0.05) is 31.2 Å². The SMILES string of the molecule is C=CC(=O)NC1CN(S(=O)(=O)c2ccc3c(c2)CCN3C(=O)C2CC2)C1. The molecule has 7 nitrogen and oxygen atoms in total. The first-order valence-corrected chi connectivity index (χ1v) is 10.2. The Balaban J connectivity index is 1.48. The second-order valence-corrected chi connectivity index (χ2v) is 8.97. The van der Waals surface area contributed by atoms with Gasteiger partial charge in [0.05, 0.1) is 10.9 Å². The maximum absolute atomic E-state index is 12.8. The van der Waals surface area contributed by atoms with Gasteiger partial charge in [-0.05, 0) is 49.1 Å². The van der Waals surface area contributed by atoms with Crippen LogP contribution in [-0.2, 0) is 26.0 Å². The Hall–Kier alpha value is -2.19. The molecule has 1 saturated carbocycles. The van der Waals surface area contributed by atoms with Gasteiger partial charge in [0.15, 0.2) is 0 Å². The van der Waals surface area contributed by atoms with Crippen LogP contribution in [0.3, 0.4) is 0 Å². The van der Waals surface area contributed by atoms with E-state index in [0.717, 1.165) is 24.1 Å². The van der Waals surface area contributed by atoms with E-state index in [2.05, 4.69) is 11.9 Å². The number of carbonyl (C=O) groups is 2. The lowest BCUT2D eigenvalue weighted by Gasteiger charge is -2.38. The highest BCUT2D eigenvalue weighted by Crippen LogP contribution is 2.37. The van der Waals surface area contributed by atoms with Crippen molar-refractivity contribution < 1.29 is 18.0 Å². The fourth-order valence-electron chi connectivity index (χ4n) is 3.45. The van der Waals surface area contributed by atoms with E-state index in [1.54, 1.807) is 23.1 Å². The van der Waals surface area contributed by atoms with Crippen molar-refractivity contribution in [3.05, 3.63) is 36.4 Å². The molecule has 1 N–H and O–H groups in total. The predicted molar refractivity (Wildman–Crippen MR) is 96.1 cm³/mol. The second kappa shape index (κ2) is 6.21. The lowest BCUT2D eigenvalue weighted by atomic mass is 10.2.